The Morgan fingerprint density at radius 3 is 2.53 bits per heavy atom. The Bertz CT molecular complexity index is 498. The van der Waals surface area contributed by atoms with Gasteiger partial charge in [0.25, 0.3) is 0 Å². The van der Waals surface area contributed by atoms with Crippen molar-refractivity contribution in [2.75, 3.05) is 12.3 Å². The largest absolute Gasteiger partial charge is 0.314 e. The molecule has 19 heavy (non-hydrogen) atoms. The van der Waals surface area contributed by atoms with E-state index >= 15 is 0 Å². The first-order chi connectivity index (χ1) is 9.05. The molecule has 1 aliphatic carbocycles. The summed E-state index contributed by atoms with van der Waals surface area (Å²) in [4.78, 5) is 0. The minimum absolute atomic E-state index is 0.119. The topological polar surface area (TPSA) is 58.2 Å². The van der Waals surface area contributed by atoms with Gasteiger partial charge in [0.1, 0.15) is 5.82 Å². The summed E-state index contributed by atoms with van der Waals surface area (Å²) < 4.78 is 38.6. The van der Waals surface area contributed by atoms with Crippen LogP contribution in [0, 0.1) is 5.82 Å². The lowest BCUT2D eigenvalue weighted by atomic mass is 10.2. The van der Waals surface area contributed by atoms with E-state index in [1.165, 1.54) is 25.0 Å². The third-order valence-corrected chi connectivity index (χ3v) is 4.42. The van der Waals surface area contributed by atoms with E-state index in [2.05, 4.69) is 10.0 Å². The van der Waals surface area contributed by atoms with Gasteiger partial charge in [-0.25, -0.2) is 17.5 Å². The number of rotatable bonds is 8. The smallest absolute Gasteiger partial charge is 0.211 e. The average Bonchev–Trinajstić information content (AvgIpc) is 3.18. The van der Waals surface area contributed by atoms with Gasteiger partial charge < -0.3 is 5.32 Å². The SMILES string of the molecule is O=S(=O)(CCCNC1CC1)NCc1ccc(F)cc1. The van der Waals surface area contributed by atoms with Crippen LogP contribution in [0.5, 0.6) is 0 Å². The molecule has 106 valence electrons. The fourth-order valence-electron chi connectivity index (χ4n) is 1.72. The van der Waals surface area contributed by atoms with Crippen LogP contribution in [0.25, 0.3) is 0 Å². The van der Waals surface area contributed by atoms with E-state index in [9.17, 15) is 12.8 Å². The van der Waals surface area contributed by atoms with Crippen LogP contribution in [-0.4, -0.2) is 26.8 Å². The third-order valence-electron chi connectivity index (χ3n) is 3.01. The zero-order chi connectivity index (χ0) is 13.7. The molecule has 6 heteroatoms. The van der Waals surface area contributed by atoms with Crippen LogP contribution in [0.1, 0.15) is 24.8 Å². The number of nitrogens with one attached hydrogen (secondary N) is 2. The van der Waals surface area contributed by atoms with Gasteiger partial charge in [0.2, 0.25) is 10.0 Å². The fourth-order valence-corrected chi connectivity index (χ4v) is 2.78. The van der Waals surface area contributed by atoms with Crippen molar-refractivity contribution in [2.24, 2.45) is 0 Å². The molecule has 1 saturated carbocycles. The van der Waals surface area contributed by atoms with E-state index in [4.69, 9.17) is 0 Å². The van der Waals surface area contributed by atoms with Crippen LogP contribution in [0.4, 0.5) is 4.39 Å². The van der Waals surface area contributed by atoms with E-state index < -0.39 is 10.0 Å². The van der Waals surface area contributed by atoms with Gasteiger partial charge in [-0.1, -0.05) is 12.1 Å². The summed E-state index contributed by atoms with van der Waals surface area (Å²) in [6, 6.07) is 6.40. The monoisotopic (exact) mass is 286 g/mol. The molecular weight excluding hydrogens is 267 g/mol. The normalized spacial score (nSPS) is 15.6. The molecule has 0 atom stereocenters. The number of sulfonamides is 1. The first-order valence-corrected chi connectivity index (χ1v) is 8.15. The molecule has 0 heterocycles. The van der Waals surface area contributed by atoms with Crippen LogP contribution in [0.2, 0.25) is 0 Å². The Morgan fingerprint density at radius 1 is 1.21 bits per heavy atom. The van der Waals surface area contributed by atoms with Crippen molar-refractivity contribution >= 4 is 10.0 Å². The van der Waals surface area contributed by atoms with Crippen LogP contribution >= 0.6 is 0 Å². The second kappa shape index (κ2) is 6.45. The molecule has 1 aliphatic rings. The zero-order valence-corrected chi connectivity index (χ0v) is 11.5. The fraction of sp³-hybridized carbons (Fsp3) is 0.538. The molecule has 2 N–H and O–H groups in total. The maximum atomic E-state index is 12.7. The molecule has 2 rings (SSSR count). The third kappa shape index (κ3) is 5.67. The standard InChI is InChI=1S/C13H19FN2O2S/c14-12-4-2-11(3-5-12)10-16-19(17,18)9-1-8-15-13-6-7-13/h2-5,13,15-16H,1,6-10H2. The molecule has 0 bridgehead atoms. The number of benzene rings is 1. The lowest BCUT2D eigenvalue weighted by molar-refractivity contribution is 0.574. The molecule has 1 aromatic rings. The first kappa shape index (κ1) is 14.4. The van der Waals surface area contributed by atoms with Crippen molar-refractivity contribution in [1.29, 1.82) is 0 Å². The zero-order valence-electron chi connectivity index (χ0n) is 10.7. The molecule has 0 saturated heterocycles. The van der Waals surface area contributed by atoms with Crippen LogP contribution in [0.3, 0.4) is 0 Å². The molecule has 1 fully saturated rings. The van der Waals surface area contributed by atoms with Crippen LogP contribution in [-0.2, 0) is 16.6 Å². The van der Waals surface area contributed by atoms with E-state index in [0.29, 0.717) is 12.5 Å². The molecule has 0 amide bonds. The Hall–Kier alpha value is -0.980. The predicted molar refractivity (Wildman–Crippen MR) is 72.7 cm³/mol. The summed E-state index contributed by atoms with van der Waals surface area (Å²) in [6.45, 7) is 0.945. The Kier molecular flexibility index (Phi) is 4.90. The second-order valence-electron chi connectivity index (χ2n) is 4.85. The van der Waals surface area contributed by atoms with Gasteiger partial charge in [0.05, 0.1) is 5.75 Å². The Morgan fingerprint density at radius 2 is 1.89 bits per heavy atom. The highest BCUT2D eigenvalue weighted by atomic mass is 32.2. The highest BCUT2D eigenvalue weighted by Crippen LogP contribution is 2.18. The molecule has 1 aromatic carbocycles. The lowest BCUT2D eigenvalue weighted by Crippen LogP contribution is -2.28. The molecule has 0 radical (unpaired) electrons. The van der Waals surface area contributed by atoms with Gasteiger partial charge in [0, 0.05) is 12.6 Å². The average molecular weight is 286 g/mol. The quantitative estimate of drug-likeness (QED) is 0.710. The Balaban J connectivity index is 1.68. The van der Waals surface area contributed by atoms with Crippen LogP contribution < -0.4 is 10.0 Å². The summed E-state index contributed by atoms with van der Waals surface area (Å²) in [7, 11) is -3.25. The molecule has 0 aromatic heterocycles. The summed E-state index contributed by atoms with van der Waals surface area (Å²) in [6.07, 6.45) is 3.01. The van der Waals surface area contributed by atoms with Crippen molar-refractivity contribution in [1.82, 2.24) is 10.0 Å². The van der Waals surface area contributed by atoms with Gasteiger partial charge in [0.15, 0.2) is 0 Å². The summed E-state index contributed by atoms with van der Waals surface area (Å²) in [5.74, 6) is -0.203. The minimum atomic E-state index is -3.25. The van der Waals surface area contributed by atoms with Crippen LogP contribution in [0.15, 0.2) is 24.3 Å². The van der Waals surface area contributed by atoms with Crippen molar-refractivity contribution in [2.45, 2.75) is 31.8 Å². The lowest BCUT2D eigenvalue weighted by Gasteiger charge is -2.07. The maximum Gasteiger partial charge on any atom is 0.211 e. The van der Waals surface area contributed by atoms with Crippen molar-refractivity contribution in [3.05, 3.63) is 35.6 Å². The van der Waals surface area contributed by atoms with Crippen molar-refractivity contribution in [3.63, 3.8) is 0 Å². The minimum Gasteiger partial charge on any atom is -0.314 e. The summed E-state index contributed by atoms with van der Waals surface area (Å²) >= 11 is 0. The Labute approximate surface area is 113 Å². The van der Waals surface area contributed by atoms with Gasteiger partial charge >= 0.3 is 0 Å². The highest BCUT2D eigenvalue weighted by molar-refractivity contribution is 7.89. The second-order valence-corrected chi connectivity index (χ2v) is 6.77. The summed E-state index contributed by atoms with van der Waals surface area (Å²) in [5.41, 5.74) is 0.751. The predicted octanol–water partition coefficient (Wildman–Crippen LogP) is 1.39. The molecule has 0 unspecified atom stereocenters. The molecule has 0 aliphatic heterocycles. The van der Waals surface area contributed by atoms with Crippen molar-refractivity contribution in [3.8, 4) is 0 Å². The van der Waals surface area contributed by atoms with E-state index in [1.807, 2.05) is 0 Å². The summed E-state index contributed by atoms with van der Waals surface area (Å²) in [5, 5.41) is 3.28. The number of hydrogen-bond donors (Lipinski definition) is 2. The van der Waals surface area contributed by atoms with E-state index in [1.54, 1.807) is 12.1 Å². The number of hydrogen-bond acceptors (Lipinski definition) is 3. The van der Waals surface area contributed by atoms with E-state index in [-0.39, 0.29) is 18.1 Å². The van der Waals surface area contributed by atoms with Gasteiger partial charge in [-0.3, -0.25) is 0 Å². The maximum absolute atomic E-state index is 12.7. The molecular formula is C13H19FN2O2S. The first-order valence-electron chi connectivity index (χ1n) is 6.50. The van der Waals surface area contributed by atoms with Crippen molar-refractivity contribution < 1.29 is 12.8 Å². The number of halogens is 1. The van der Waals surface area contributed by atoms with Gasteiger partial charge in [-0.05, 0) is 43.5 Å². The highest BCUT2D eigenvalue weighted by Gasteiger charge is 2.20. The molecule has 0 spiro atoms. The van der Waals surface area contributed by atoms with Gasteiger partial charge in [-0.2, -0.15) is 0 Å². The van der Waals surface area contributed by atoms with E-state index in [0.717, 1.165) is 12.1 Å². The molecule has 4 nitrogen and oxygen atoms in total. The van der Waals surface area contributed by atoms with Gasteiger partial charge in [-0.15, -0.1) is 0 Å².